The van der Waals surface area contributed by atoms with Gasteiger partial charge in [0.25, 0.3) is 5.91 Å². The summed E-state index contributed by atoms with van der Waals surface area (Å²) in [5.41, 5.74) is 0. The monoisotopic (exact) mass is 322 g/mol. The second-order valence-electron chi connectivity index (χ2n) is 4.28. The van der Waals surface area contributed by atoms with E-state index in [4.69, 9.17) is 9.47 Å². The minimum Gasteiger partial charge on any atom is -0.492 e. The SMILES string of the molecule is Cl.O=C(NCCOc1ccc(F)c(F)c1)C1CNCCO1. The number of halogens is 3. The Kier molecular flexibility index (Phi) is 7.35. The predicted molar refractivity (Wildman–Crippen MR) is 74.7 cm³/mol. The molecule has 1 saturated heterocycles. The van der Waals surface area contributed by atoms with E-state index in [1.165, 1.54) is 6.07 Å². The van der Waals surface area contributed by atoms with Crippen molar-refractivity contribution in [1.29, 1.82) is 0 Å². The quantitative estimate of drug-likeness (QED) is 0.790. The average molecular weight is 323 g/mol. The van der Waals surface area contributed by atoms with E-state index in [1.807, 2.05) is 0 Å². The standard InChI is InChI=1S/C13H16F2N2O3.ClH/c14-10-2-1-9(7-11(10)15)19-6-4-17-13(18)12-8-16-3-5-20-12;/h1-2,7,12,16H,3-6,8H2,(H,17,18);1H. The predicted octanol–water partition coefficient (Wildman–Crippen LogP) is 0.870. The van der Waals surface area contributed by atoms with E-state index < -0.39 is 17.7 Å². The zero-order valence-corrected chi connectivity index (χ0v) is 12.1. The Morgan fingerprint density at radius 3 is 2.90 bits per heavy atom. The Balaban J connectivity index is 0.00000220. The maximum atomic E-state index is 12.9. The van der Waals surface area contributed by atoms with Crippen LogP contribution in [0.4, 0.5) is 8.78 Å². The van der Waals surface area contributed by atoms with E-state index in [1.54, 1.807) is 0 Å². The summed E-state index contributed by atoms with van der Waals surface area (Å²) in [5, 5.41) is 5.70. The summed E-state index contributed by atoms with van der Waals surface area (Å²) >= 11 is 0. The number of carbonyl (C=O) groups excluding carboxylic acids is 1. The van der Waals surface area contributed by atoms with Gasteiger partial charge < -0.3 is 20.1 Å². The maximum Gasteiger partial charge on any atom is 0.250 e. The lowest BCUT2D eigenvalue weighted by Gasteiger charge is -2.22. The van der Waals surface area contributed by atoms with Crippen LogP contribution < -0.4 is 15.4 Å². The first-order valence-corrected chi connectivity index (χ1v) is 6.34. The molecular formula is C13H17ClF2N2O3. The molecule has 8 heteroatoms. The van der Waals surface area contributed by atoms with E-state index >= 15 is 0 Å². The van der Waals surface area contributed by atoms with Gasteiger partial charge in [0.2, 0.25) is 0 Å². The number of morpholine rings is 1. The molecule has 21 heavy (non-hydrogen) atoms. The normalized spacial score (nSPS) is 17.7. The highest BCUT2D eigenvalue weighted by Gasteiger charge is 2.20. The Morgan fingerprint density at radius 1 is 1.43 bits per heavy atom. The molecule has 0 aliphatic carbocycles. The van der Waals surface area contributed by atoms with Gasteiger partial charge in [-0.1, -0.05) is 0 Å². The zero-order valence-electron chi connectivity index (χ0n) is 11.2. The van der Waals surface area contributed by atoms with Crippen LogP contribution in [-0.4, -0.2) is 44.9 Å². The second kappa shape index (κ2) is 8.76. The van der Waals surface area contributed by atoms with Crippen LogP contribution in [-0.2, 0) is 9.53 Å². The van der Waals surface area contributed by atoms with Crippen molar-refractivity contribution in [2.45, 2.75) is 6.10 Å². The van der Waals surface area contributed by atoms with Gasteiger partial charge in [-0.3, -0.25) is 4.79 Å². The molecule has 1 heterocycles. The van der Waals surface area contributed by atoms with Crippen LogP contribution in [0.2, 0.25) is 0 Å². The first-order chi connectivity index (χ1) is 9.66. The molecule has 1 aromatic rings. The van der Waals surface area contributed by atoms with E-state index in [0.717, 1.165) is 18.7 Å². The molecular weight excluding hydrogens is 306 g/mol. The number of hydrogen-bond donors (Lipinski definition) is 2. The van der Waals surface area contributed by atoms with Gasteiger partial charge in [0.05, 0.1) is 13.2 Å². The van der Waals surface area contributed by atoms with Gasteiger partial charge >= 0.3 is 0 Å². The molecule has 1 aromatic carbocycles. The van der Waals surface area contributed by atoms with Crippen LogP contribution in [0.1, 0.15) is 0 Å². The number of benzene rings is 1. The third-order valence-electron chi connectivity index (χ3n) is 2.78. The fourth-order valence-corrected chi connectivity index (χ4v) is 1.76. The number of rotatable bonds is 5. The van der Waals surface area contributed by atoms with Gasteiger partial charge in [0, 0.05) is 19.2 Å². The largest absolute Gasteiger partial charge is 0.492 e. The Bertz CT molecular complexity index is 471. The van der Waals surface area contributed by atoms with Crippen LogP contribution in [0.3, 0.4) is 0 Å². The third kappa shape index (κ3) is 5.45. The van der Waals surface area contributed by atoms with Crippen LogP contribution in [0, 0.1) is 11.6 Å². The van der Waals surface area contributed by atoms with E-state index in [0.29, 0.717) is 13.2 Å². The summed E-state index contributed by atoms with van der Waals surface area (Å²) in [4.78, 5) is 11.7. The van der Waals surface area contributed by atoms with Crippen LogP contribution in [0.5, 0.6) is 5.75 Å². The van der Waals surface area contributed by atoms with E-state index in [2.05, 4.69) is 10.6 Å². The lowest BCUT2D eigenvalue weighted by atomic mass is 10.3. The number of hydrogen-bond acceptors (Lipinski definition) is 4. The number of carbonyl (C=O) groups is 1. The molecule has 2 rings (SSSR count). The molecule has 0 bridgehead atoms. The Morgan fingerprint density at radius 2 is 2.24 bits per heavy atom. The van der Waals surface area contributed by atoms with Crippen LogP contribution in [0.25, 0.3) is 0 Å². The zero-order chi connectivity index (χ0) is 14.4. The Labute approximate surface area is 127 Å². The van der Waals surface area contributed by atoms with Gasteiger partial charge in [0.1, 0.15) is 18.5 Å². The van der Waals surface area contributed by atoms with Crippen molar-refractivity contribution in [1.82, 2.24) is 10.6 Å². The topological polar surface area (TPSA) is 59.6 Å². The molecule has 1 fully saturated rings. The molecule has 0 saturated carbocycles. The number of nitrogens with one attached hydrogen (secondary N) is 2. The first kappa shape index (κ1) is 17.6. The molecule has 1 aliphatic heterocycles. The highest BCUT2D eigenvalue weighted by Crippen LogP contribution is 2.14. The van der Waals surface area contributed by atoms with Crippen molar-refractivity contribution < 1.29 is 23.0 Å². The van der Waals surface area contributed by atoms with Crippen molar-refractivity contribution in [3.63, 3.8) is 0 Å². The fourth-order valence-electron chi connectivity index (χ4n) is 1.76. The molecule has 1 unspecified atom stereocenters. The van der Waals surface area contributed by atoms with Crippen molar-refractivity contribution in [3.8, 4) is 5.75 Å². The lowest BCUT2D eigenvalue weighted by Crippen LogP contribution is -2.48. The fraction of sp³-hybridized carbons (Fsp3) is 0.462. The van der Waals surface area contributed by atoms with Crippen molar-refractivity contribution in [2.75, 3.05) is 32.8 Å². The average Bonchev–Trinajstić information content (AvgIpc) is 2.48. The van der Waals surface area contributed by atoms with Gasteiger partial charge in [-0.15, -0.1) is 12.4 Å². The van der Waals surface area contributed by atoms with Crippen LogP contribution in [0.15, 0.2) is 18.2 Å². The molecule has 2 N–H and O–H groups in total. The molecule has 0 spiro atoms. The molecule has 1 atom stereocenters. The van der Waals surface area contributed by atoms with Crippen molar-refractivity contribution >= 4 is 18.3 Å². The summed E-state index contributed by atoms with van der Waals surface area (Å²) in [7, 11) is 0. The highest BCUT2D eigenvalue weighted by molar-refractivity contribution is 5.85. The summed E-state index contributed by atoms with van der Waals surface area (Å²) in [5.74, 6) is -1.89. The summed E-state index contributed by atoms with van der Waals surface area (Å²) < 4.78 is 36.1. The minimum absolute atomic E-state index is 0. The molecule has 118 valence electrons. The third-order valence-corrected chi connectivity index (χ3v) is 2.78. The molecule has 0 aromatic heterocycles. The molecule has 1 amide bonds. The highest BCUT2D eigenvalue weighted by atomic mass is 35.5. The van der Waals surface area contributed by atoms with Crippen LogP contribution >= 0.6 is 12.4 Å². The summed E-state index contributed by atoms with van der Waals surface area (Å²) in [6.45, 7) is 2.15. The maximum absolute atomic E-state index is 12.9. The Hall–Kier alpha value is -1.44. The molecule has 1 aliphatic rings. The first-order valence-electron chi connectivity index (χ1n) is 6.34. The van der Waals surface area contributed by atoms with Gasteiger partial charge in [0.15, 0.2) is 11.6 Å². The van der Waals surface area contributed by atoms with E-state index in [-0.39, 0.29) is 37.2 Å². The lowest BCUT2D eigenvalue weighted by molar-refractivity contribution is -0.134. The smallest absolute Gasteiger partial charge is 0.250 e. The summed E-state index contributed by atoms with van der Waals surface area (Å²) in [6.07, 6.45) is -0.494. The second-order valence-corrected chi connectivity index (χ2v) is 4.28. The number of amides is 1. The van der Waals surface area contributed by atoms with Gasteiger partial charge in [-0.05, 0) is 12.1 Å². The van der Waals surface area contributed by atoms with Crippen molar-refractivity contribution in [2.24, 2.45) is 0 Å². The number of ether oxygens (including phenoxy) is 2. The molecule has 5 nitrogen and oxygen atoms in total. The van der Waals surface area contributed by atoms with E-state index in [9.17, 15) is 13.6 Å². The summed E-state index contributed by atoms with van der Waals surface area (Å²) in [6, 6.07) is 3.28. The molecule has 0 radical (unpaired) electrons. The van der Waals surface area contributed by atoms with Crippen molar-refractivity contribution in [3.05, 3.63) is 29.8 Å². The van der Waals surface area contributed by atoms with Gasteiger partial charge in [-0.25, -0.2) is 8.78 Å². The van der Waals surface area contributed by atoms with Gasteiger partial charge in [-0.2, -0.15) is 0 Å². The minimum atomic E-state index is -0.965.